The molecule has 1 fully saturated rings. The first-order chi connectivity index (χ1) is 4.80. The molecule has 0 bridgehead atoms. The summed E-state index contributed by atoms with van der Waals surface area (Å²) < 4.78 is 0. The fourth-order valence-electron chi connectivity index (χ4n) is 1.17. The quantitative estimate of drug-likeness (QED) is 0.583. The molecule has 1 saturated heterocycles. The third-order valence-corrected chi connectivity index (χ3v) is 1.77. The molecule has 0 aromatic carbocycles. The maximum Gasteiger partial charge on any atom is 0.322 e. The van der Waals surface area contributed by atoms with Gasteiger partial charge in [-0.05, 0) is 12.8 Å². The van der Waals surface area contributed by atoms with Crippen LogP contribution < -0.4 is 5.32 Å². The molecule has 0 unspecified atom stereocenters. The van der Waals surface area contributed by atoms with Crippen LogP contribution in [-0.4, -0.2) is 23.7 Å². The summed E-state index contributed by atoms with van der Waals surface area (Å²) in [6.07, 6.45) is 3.94. The van der Waals surface area contributed by atoms with Gasteiger partial charge in [0.05, 0.1) is 0 Å². The van der Waals surface area contributed by atoms with Crippen LogP contribution in [0.3, 0.4) is 0 Å². The Labute approximate surface area is 60.4 Å². The highest BCUT2D eigenvalue weighted by atomic mass is 16.4. The van der Waals surface area contributed by atoms with Crippen molar-refractivity contribution >= 4 is 5.97 Å². The normalized spacial score (nSPS) is 27.4. The van der Waals surface area contributed by atoms with Gasteiger partial charge >= 0.3 is 5.97 Å². The van der Waals surface area contributed by atoms with E-state index in [1.165, 1.54) is 0 Å². The Kier molecular flexibility index (Phi) is 2.68. The van der Waals surface area contributed by atoms with E-state index in [2.05, 4.69) is 5.32 Å². The zero-order chi connectivity index (χ0) is 7.40. The smallest absolute Gasteiger partial charge is 0.322 e. The second-order valence-corrected chi connectivity index (χ2v) is 2.61. The zero-order valence-corrected chi connectivity index (χ0v) is 5.92. The minimum absolute atomic E-state index is 0.414. The van der Waals surface area contributed by atoms with Crippen molar-refractivity contribution in [2.24, 2.45) is 0 Å². The number of hydrogen-bond donors (Lipinski definition) is 1. The van der Waals surface area contributed by atoms with Crippen LogP contribution in [0.2, 0.25) is 0 Å². The first kappa shape index (κ1) is 7.54. The van der Waals surface area contributed by atoms with Crippen LogP contribution in [0.25, 0.3) is 0 Å². The Balaban J connectivity index is 2.35. The average Bonchev–Trinajstić information content (AvgIpc) is 2.12. The van der Waals surface area contributed by atoms with Crippen LogP contribution in [-0.2, 0) is 4.79 Å². The second kappa shape index (κ2) is 3.56. The maximum absolute atomic E-state index is 10.4. The van der Waals surface area contributed by atoms with Gasteiger partial charge < -0.3 is 5.11 Å². The number of carboxylic acids is 1. The topological polar surface area (TPSA) is 51.4 Å². The van der Waals surface area contributed by atoms with Crippen LogP contribution in [0.5, 0.6) is 0 Å². The van der Waals surface area contributed by atoms with Crippen LogP contribution in [0.1, 0.15) is 25.7 Å². The maximum atomic E-state index is 10.4. The van der Waals surface area contributed by atoms with E-state index in [1.54, 1.807) is 0 Å². The van der Waals surface area contributed by atoms with Crippen LogP contribution in [0, 0.1) is 0 Å². The summed E-state index contributed by atoms with van der Waals surface area (Å²) in [7, 11) is 0. The summed E-state index contributed by atoms with van der Waals surface area (Å²) >= 11 is 0. The molecule has 1 heterocycles. The molecule has 3 heteroatoms. The predicted molar refractivity (Wildman–Crippen MR) is 36.9 cm³/mol. The number of nitrogens with zero attached hydrogens (tertiary/aromatic N) is 1. The molecule has 1 N–H and O–H groups in total. The molecule has 0 saturated carbocycles. The molecular formula is C7H12NO2. The van der Waals surface area contributed by atoms with Gasteiger partial charge in [-0.2, -0.15) is 0 Å². The molecule has 0 spiro atoms. The standard InChI is InChI=1S/C7H12NO2/c9-7(10)6-4-2-1-3-5-8-6/h6H,1-5H2,(H,9,10)/t6-/m0/s1. The van der Waals surface area contributed by atoms with Crippen molar-refractivity contribution in [3.63, 3.8) is 0 Å². The van der Waals surface area contributed by atoms with Gasteiger partial charge in [-0.1, -0.05) is 12.8 Å². The van der Waals surface area contributed by atoms with Gasteiger partial charge in [0.1, 0.15) is 6.04 Å². The Hall–Kier alpha value is -0.570. The lowest BCUT2D eigenvalue weighted by Crippen LogP contribution is -2.29. The van der Waals surface area contributed by atoms with Crippen molar-refractivity contribution in [1.82, 2.24) is 5.32 Å². The molecular weight excluding hydrogens is 130 g/mol. The van der Waals surface area contributed by atoms with E-state index >= 15 is 0 Å². The molecule has 1 rings (SSSR count). The minimum Gasteiger partial charge on any atom is -0.480 e. The van der Waals surface area contributed by atoms with Gasteiger partial charge in [-0.3, -0.25) is 4.79 Å². The van der Waals surface area contributed by atoms with Gasteiger partial charge in [-0.25, -0.2) is 5.32 Å². The van der Waals surface area contributed by atoms with Gasteiger partial charge in [0.2, 0.25) is 0 Å². The lowest BCUT2D eigenvalue weighted by Gasteiger charge is -2.06. The monoisotopic (exact) mass is 142 g/mol. The largest absolute Gasteiger partial charge is 0.480 e. The number of aliphatic carboxylic acids is 1. The molecule has 1 atom stereocenters. The van der Waals surface area contributed by atoms with Crippen molar-refractivity contribution in [1.29, 1.82) is 0 Å². The van der Waals surface area contributed by atoms with Crippen molar-refractivity contribution in [3.05, 3.63) is 0 Å². The number of carbonyl (C=O) groups is 1. The Morgan fingerprint density at radius 3 is 2.90 bits per heavy atom. The molecule has 0 aromatic rings. The average molecular weight is 142 g/mol. The summed E-state index contributed by atoms with van der Waals surface area (Å²) in [4.78, 5) is 10.4. The molecule has 10 heavy (non-hydrogen) atoms. The van der Waals surface area contributed by atoms with E-state index in [0.717, 1.165) is 32.2 Å². The van der Waals surface area contributed by atoms with E-state index in [-0.39, 0.29) is 0 Å². The van der Waals surface area contributed by atoms with E-state index < -0.39 is 12.0 Å². The fourth-order valence-corrected chi connectivity index (χ4v) is 1.17. The Bertz CT molecular complexity index is 117. The van der Waals surface area contributed by atoms with Crippen LogP contribution in [0.15, 0.2) is 0 Å². The Morgan fingerprint density at radius 1 is 1.40 bits per heavy atom. The highest BCUT2D eigenvalue weighted by molar-refractivity contribution is 5.73. The van der Waals surface area contributed by atoms with E-state index in [9.17, 15) is 4.79 Å². The third kappa shape index (κ3) is 1.99. The molecule has 1 radical (unpaired) electrons. The lowest BCUT2D eigenvalue weighted by atomic mass is 10.1. The van der Waals surface area contributed by atoms with Crippen molar-refractivity contribution < 1.29 is 9.90 Å². The summed E-state index contributed by atoms with van der Waals surface area (Å²) in [6.45, 7) is 0.733. The SMILES string of the molecule is O=C(O)[C@@H]1CCCCC[N]1. The molecule has 3 nitrogen and oxygen atoms in total. The van der Waals surface area contributed by atoms with Gasteiger partial charge in [0.15, 0.2) is 0 Å². The van der Waals surface area contributed by atoms with E-state index in [1.807, 2.05) is 0 Å². The summed E-state index contributed by atoms with van der Waals surface area (Å²) in [6, 6.07) is -0.414. The van der Waals surface area contributed by atoms with Crippen molar-refractivity contribution in [2.45, 2.75) is 31.7 Å². The van der Waals surface area contributed by atoms with E-state index in [4.69, 9.17) is 5.11 Å². The first-order valence-electron chi connectivity index (χ1n) is 3.70. The molecule has 0 amide bonds. The second-order valence-electron chi connectivity index (χ2n) is 2.61. The third-order valence-electron chi connectivity index (χ3n) is 1.77. The van der Waals surface area contributed by atoms with Gasteiger partial charge in [0, 0.05) is 6.54 Å². The van der Waals surface area contributed by atoms with E-state index in [0.29, 0.717) is 0 Å². The highest BCUT2D eigenvalue weighted by Crippen LogP contribution is 2.09. The number of hydrogen-bond acceptors (Lipinski definition) is 1. The summed E-state index contributed by atoms with van der Waals surface area (Å²) in [5.41, 5.74) is 0. The fraction of sp³-hybridized carbons (Fsp3) is 0.857. The predicted octanol–water partition coefficient (Wildman–Crippen LogP) is 0.618. The number of carboxylic acid groups (broad SMARTS) is 1. The molecule has 57 valence electrons. The van der Waals surface area contributed by atoms with Gasteiger partial charge in [-0.15, -0.1) is 0 Å². The van der Waals surface area contributed by atoms with Crippen molar-refractivity contribution in [2.75, 3.05) is 6.54 Å². The molecule has 0 aromatic heterocycles. The van der Waals surface area contributed by atoms with Crippen molar-refractivity contribution in [3.8, 4) is 0 Å². The number of rotatable bonds is 1. The zero-order valence-electron chi connectivity index (χ0n) is 5.92. The minimum atomic E-state index is -0.762. The highest BCUT2D eigenvalue weighted by Gasteiger charge is 2.18. The molecule has 1 aliphatic heterocycles. The summed E-state index contributed by atoms with van der Waals surface area (Å²) in [5.74, 6) is -0.762. The van der Waals surface area contributed by atoms with Gasteiger partial charge in [0.25, 0.3) is 0 Å². The lowest BCUT2D eigenvalue weighted by molar-refractivity contribution is -0.139. The van der Waals surface area contributed by atoms with Crippen LogP contribution >= 0.6 is 0 Å². The molecule has 0 aliphatic carbocycles. The molecule has 1 aliphatic rings. The first-order valence-corrected chi connectivity index (χ1v) is 3.70. The summed E-state index contributed by atoms with van der Waals surface area (Å²) in [5, 5.41) is 12.6. The Morgan fingerprint density at radius 2 is 2.20 bits per heavy atom. The van der Waals surface area contributed by atoms with Crippen LogP contribution in [0.4, 0.5) is 0 Å².